The van der Waals surface area contributed by atoms with Crippen LogP contribution in [0.2, 0.25) is 0 Å². The third kappa shape index (κ3) is 6.29. The molecule has 0 unspecified atom stereocenters. The van der Waals surface area contributed by atoms with Crippen molar-refractivity contribution in [3.63, 3.8) is 0 Å². The van der Waals surface area contributed by atoms with Crippen molar-refractivity contribution < 1.29 is 19.4 Å². The fourth-order valence-corrected chi connectivity index (χ4v) is 2.26. The number of hydrogen-bond acceptors (Lipinski definition) is 3. The van der Waals surface area contributed by atoms with Crippen molar-refractivity contribution in [2.45, 2.75) is 26.7 Å². The largest absolute Gasteiger partial charge is 0.497 e. The molecule has 21 heavy (non-hydrogen) atoms. The van der Waals surface area contributed by atoms with Crippen LogP contribution in [-0.2, 0) is 4.79 Å². The Bertz CT molecular complexity index is 485. The molecule has 116 valence electrons. The van der Waals surface area contributed by atoms with E-state index >= 15 is 0 Å². The number of hydrogen-bond donors (Lipinski definition) is 2. The summed E-state index contributed by atoms with van der Waals surface area (Å²) in [6.07, 6.45) is 0.835. The Morgan fingerprint density at radius 3 is 2.62 bits per heavy atom. The molecule has 1 amide bonds. The highest BCUT2D eigenvalue weighted by Crippen LogP contribution is 2.16. The molecule has 5 heteroatoms. The first kappa shape index (κ1) is 17.0. The lowest BCUT2D eigenvalue weighted by molar-refractivity contribution is -0.138. The Labute approximate surface area is 125 Å². The van der Waals surface area contributed by atoms with Crippen molar-refractivity contribution >= 4 is 11.9 Å². The summed E-state index contributed by atoms with van der Waals surface area (Å²) in [5, 5.41) is 11.7. The molecule has 1 atom stereocenters. The van der Waals surface area contributed by atoms with E-state index in [1.54, 1.807) is 31.4 Å². The molecule has 1 aromatic carbocycles. The predicted octanol–water partition coefficient (Wildman–Crippen LogP) is 2.56. The van der Waals surface area contributed by atoms with Crippen LogP contribution >= 0.6 is 0 Å². The molecule has 1 rings (SSSR count). The van der Waals surface area contributed by atoms with Gasteiger partial charge in [-0.25, -0.2) is 0 Å². The van der Waals surface area contributed by atoms with Crippen LogP contribution in [0.3, 0.4) is 0 Å². The second kappa shape index (κ2) is 8.29. The predicted molar refractivity (Wildman–Crippen MR) is 80.5 cm³/mol. The van der Waals surface area contributed by atoms with E-state index in [0.29, 0.717) is 23.8 Å². The standard InChI is InChI=1S/C16H23NO4/c1-11(2)7-12(8-15(18)19)10-17-16(20)13-5-4-6-14(9-13)21-3/h4-6,9,11-12H,7-8,10H2,1-3H3,(H,17,20)(H,18,19)/t12-/m0/s1. The summed E-state index contributed by atoms with van der Waals surface area (Å²) in [6, 6.07) is 6.87. The smallest absolute Gasteiger partial charge is 0.303 e. The van der Waals surface area contributed by atoms with Crippen molar-refractivity contribution in [1.82, 2.24) is 5.32 Å². The molecule has 0 saturated carbocycles. The fraction of sp³-hybridized carbons (Fsp3) is 0.500. The highest BCUT2D eigenvalue weighted by molar-refractivity contribution is 5.94. The second-order valence-corrected chi connectivity index (χ2v) is 5.54. The first-order valence-corrected chi connectivity index (χ1v) is 7.06. The molecule has 2 N–H and O–H groups in total. The summed E-state index contributed by atoms with van der Waals surface area (Å²) in [5.74, 6) is -0.101. The Kier molecular flexibility index (Phi) is 6.72. The third-order valence-corrected chi connectivity index (χ3v) is 3.15. The van der Waals surface area contributed by atoms with Gasteiger partial charge in [0.2, 0.25) is 0 Å². The van der Waals surface area contributed by atoms with Crippen LogP contribution < -0.4 is 10.1 Å². The van der Waals surface area contributed by atoms with E-state index in [4.69, 9.17) is 9.84 Å². The lowest BCUT2D eigenvalue weighted by atomic mass is 9.94. The zero-order chi connectivity index (χ0) is 15.8. The molecule has 0 radical (unpaired) electrons. The van der Waals surface area contributed by atoms with Crippen LogP contribution in [0.1, 0.15) is 37.0 Å². The zero-order valence-corrected chi connectivity index (χ0v) is 12.8. The highest BCUT2D eigenvalue weighted by Gasteiger charge is 2.16. The molecular formula is C16H23NO4. The minimum atomic E-state index is -0.837. The van der Waals surface area contributed by atoms with Gasteiger partial charge in [-0.2, -0.15) is 0 Å². The second-order valence-electron chi connectivity index (χ2n) is 5.54. The number of aliphatic carboxylic acids is 1. The molecule has 0 heterocycles. The van der Waals surface area contributed by atoms with E-state index < -0.39 is 5.97 Å². The third-order valence-electron chi connectivity index (χ3n) is 3.15. The number of rotatable bonds is 8. The molecule has 0 aromatic heterocycles. The lowest BCUT2D eigenvalue weighted by Gasteiger charge is -2.17. The summed E-state index contributed by atoms with van der Waals surface area (Å²) < 4.78 is 5.08. The quantitative estimate of drug-likeness (QED) is 0.772. The molecule has 0 aliphatic rings. The van der Waals surface area contributed by atoms with Crippen LogP contribution in [0, 0.1) is 11.8 Å². The summed E-state index contributed by atoms with van der Waals surface area (Å²) in [7, 11) is 1.54. The Morgan fingerprint density at radius 1 is 1.33 bits per heavy atom. The van der Waals surface area contributed by atoms with Crippen LogP contribution in [0.15, 0.2) is 24.3 Å². The van der Waals surface area contributed by atoms with Gasteiger partial charge in [-0.05, 0) is 36.5 Å². The van der Waals surface area contributed by atoms with Crippen LogP contribution in [-0.4, -0.2) is 30.6 Å². The molecule has 0 aliphatic heterocycles. The van der Waals surface area contributed by atoms with Crippen molar-refractivity contribution in [1.29, 1.82) is 0 Å². The molecule has 0 saturated heterocycles. The Hall–Kier alpha value is -2.04. The molecular weight excluding hydrogens is 270 g/mol. The summed E-state index contributed by atoms with van der Waals surface area (Å²) in [4.78, 5) is 22.9. The average Bonchev–Trinajstić information content (AvgIpc) is 2.43. The molecule has 1 aromatic rings. The number of carbonyl (C=O) groups is 2. The van der Waals surface area contributed by atoms with Crippen molar-refractivity contribution in [3.05, 3.63) is 29.8 Å². The van der Waals surface area contributed by atoms with Gasteiger partial charge in [0.25, 0.3) is 5.91 Å². The molecule has 0 fully saturated rings. The normalized spacial score (nSPS) is 12.0. The van der Waals surface area contributed by atoms with E-state index in [9.17, 15) is 9.59 Å². The minimum Gasteiger partial charge on any atom is -0.497 e. The number of ether oxygens (including phenoxy) is 1. The van der Waals surface area contributed by atoms with Gasteiger partial charge in [0.05, 0.1) is 7.11 Å². The van der Waals surface area contributed by atoms with Crippen LogP contribution in [0.4, 0.5) is 0 Å². The van der Waals surface area contributed by atoms with Gasteiger partial charge in [0.15, 0.2) is 0 Å². The topological polar surface area (TPSA) is 75.6 Å². The van der Waals surface area contributed by atoms with E-state index in [1.807, 2.05) is 13.8 Å². The van der Waals surface area contributed by atoms with Crippen molar-refractivity contribution in [2.75, 3.05) is 13.7 Å². The van der Waals surface area contributed by atoms with Crippen LogP contribution in [0.25, 0.3) is 0 Å². The molecule has 5 nitrogen and oxygen atoms in total. The molecule has 0 spiro atoms. The summed E-state index contributed by atoms with van der Waals surface area (Å²) in [5.41, 5.74) is 0.507. The molecule has 0 bridgehead atoms. The Balaban J connectivity index is 2.61. The fourth-order valence-electron chi connectivity index (χ4n) is 2.26. The maximum Gasteiger partial charge on any atom is 0.303 e. The van der Waals surface area contributed by atoms with Crippen molar-refractivity contribution in [2.24, 2.45) is 11.8 Å². The number of carboxylic acids is 1. The van der Waals surface area contributed by atoms with E-state index in [-0.39, 0.29) is 18.2 Å². The maximum absolute atomic E-state index is 12.1. The summed E-state index contributed by atoms with van der Waals surface area (Å²) in [6.45, 7) is 4.44. The van der Waals surface area contributed by atoms with Gasteiger partial charge >= 0.3 is 5.97 Å². The number of carbonyl (C=O) groups excluding carboxylic acids is 1. The van der Waals surface area contributed by atoms with Crippen LogP contribution in [0.5, 0.6) is 5.75 Å². The lowest BCUT2D eigenvalue weighted by Crippen LogP contribution is -2.31. The molecule has 0 aliphatic carbocycles. The Morgan fingerprint density at radius 2 is 2.05 bits per heavy atom. The highest BCUT2D eigenvalue weighted by atomic mass is 16.5. The van der Waals surface area contributed by atoms with Crippen molar-refractivity contribution in [3.8, 4) is 5.75 Å². The summed E-state index contributed by atoms with van der Waals surface area (Å²) >= 11 is 0. The van der Waals surface area contributed by atoms with Gasteiger partial charge in [0, 0.05) is 18.5 Å². The first-order chi connectivity index (χ1) is 9.92. The van der Waals surface area contributed by atoms with E-state index in [1.165, 1.54) is 0 Å². The number of nitrogens with one attached hydrogen (secondary N) is 1. The monoisotopic (exact) mass is 293 g/mol. The van der Waals surface area contributed by atoms with Gasteiger partial charge < -0.3 is 15.2 Å². The SMILES string of the molecule is COc1cccc(C(=O)NC[C@H](CC(=O)O)CC(C)C)c1. The number of carboxylic acid groups (broad SMARTS) is 1. The number of methoxy groups -OCH3 is 1. The minimum absolute atomic E-state index is 0.0583. The van der Waals surface area contributed by atoms with E-state index in [0.717, 1.165) is 6.42 Å². The maximum atomic E-state index is 12.1. The number of amides is 1. The van der Waals surface area contributed by atoms with Gasteiger partial charge in [-0.1, -0.05) is 19.9 Å². The van der Waals surface area contributed by atoms with Gasteiger partial charge in [-0.15, -0.1) is 0 Å². The van der Waals surface area contributed by atoms with Gasteiger partial charge in [0.1, 0.15) is 5.75 Å². The zero-order valence-electron chi connectivity index (χ0n) is 12.8. The first-order valence-electron chi connectivity index (χ1n) is 7.06. The van der Waals surface area contributed by atoms with E-state index in [2.05, 4.69) is 5.32 Å². The average molecular weight is 293 g/mol. The number of benzene rings is 1. The van der Waals surface area contributed by atoms with Gasteiger partial charge in [-0.3, -0.25) is 9.59 Å².